The van der Waals surface area contributed by atoms with Gasteiger partial charge < -0.3 is 10.4 Å². The molecule has 0 aromatic carbocycles. The van der Waals surface area contributed by atoms with Crippen LogP contribution in [-0.2, 0) is 4.79 Å². The van der Waals surface area contributed by atoms with Gasteiger partial charge in [0.25, 0.3) is 0 Å². The molecule has 1 atom stereocenters. The van der Waals surface area contributed by atoms with Crippen molar-refractivity contribution in [3.8, 4) is 0 Å². The molecule has 0 bridgehead atoms. The second kappa shape index (κ2) is 2.80. The highest BCUT2D eigenvalue weighted by molar-refractivity contribution is 7.80. The van der Waals surface area contributed by atoms with E-state index in [0.717, 1.165) is 13.0 Å². The molecule has 1 rings (SSSR count). The minimum Gasteiger partial charge on any atom is -0.480 e. The molecular formula is C6H11NO2S. The van der Waals surface area contributed by atoms with Crippen molar-refractivity contribution >= 4 is 18.6 Å². The molecular weight excluding hydrogens is 150 g/mol. The molecule has 0 saturated carbocycles. The van der Waals surface area contributed by atoms with Gasteiger partial charge in [-0.2, -0.15) is 12.6 Å². The molecule has 1 saturated heterocycles. The summed E-state index contributed by atoms with van der Waals surface area (Å²) in [4.78, 5) is 10.6. The lowest BCUT2D eigenvalue weighted by Gasteiger charge is -2.21. The van der Waals surface area contributed by atoms with E-state index in [1.807, 2.05) is 0 Å². The summed E-state index contributed by atoms with van der Waals surface area (Å²) in [5.41, 5.74) is -0.733. The van der Waals surface area contributed by atoms with Crippen LogP contribution in [0.2, 0.25) is 0 Å². The molecule has 0 radical (unpaired) electrons. The third-order valence-electron chi connectivity index (χ3n) is 1.92. The van der Waals surface area contributed by atoms with E-state index in [4.69, 9.17) is 5.11 Å². The van der Waals surface area contributed by atoms with Crippen LogP contribution in [0.3, 0.4) is 0 Å². The number of carbonyl (C=O) groups is 1. The van der Waals surface area contributed by atoms with Gasteiger partial charge in [-0.3, -0.25) is 4.79 Å². The summed E-state index contributed by atoms with van der Waals surface area (Å²) in [6.07, 6.45) is 1.64. The van der Waals surface area contributed by atoms with Gasteiger partial charge >= 0.3 is 5.97 Å². The molecule has 0 spiro atoms. The number of carboxylic acids is 1. The van der Waals surface area contributed by atoms with Gasteiger partial charge in [0.05, 0.1) is 0 Å². The van der Waals surface area contributed by atoms with Crippen LogP contribution in [0.5, 0.6) is 0 Å². The lowest BCUT2D eigenvalue weighted by molar-refractivity contribution is -0.143. The highest BCUT2D eigenvalue weighted by Crippen LogP contribution is 2.20. The summed E-state index contributed by atoms with van der Waals surface area (Å²) in [7, 11) is 0. The van der Waals surface area contributed by atoms with E-state index in [9.17, 15) is 4.79 Å². The Hall–Kier alpha value is -0.220. The van der Waals surface area contributed by atoms with Gasteiger partial charge in [0.1, 0.15) is 5.54 Å². The lowest BCUT2D eigenvalue weighted by Crippen LogP contribution is -2.49. The zero-order valence-corrected chi connectivity index (χ0v) is 6.53. The second-order valence-corrected chi connectivity index (χ2v) is 2.89. The van der Waals surface area contributed by atoms with Crippen LogP contribution >= 0.6 is 12.6 Å². The number of hydrogen-bond acceptors (Lipinski definition) is 3. The van der Waals surface area contributed by atoms with Crippen LogP contribution in [0.25, 0.3) is 0 Å². The van der Waals surface area contributed by atoms with Gasteiger partial charge in [0.15, 0.2) is 0 Å². The van der Waals surface area contributed by atoms with Gasteiger partial charge in [-0.05, 0) is 19.4 Å². The maximum atomic E-state index is 10.6. The number of thiol groups is 1. The first-order chi connectivity index (χ1) is 4.71. The lowest BCUT2D eigenvalue weighted by atomic mass is 10.0. The molecule has 4 heteroatoms. The Morgan fingerprint density at radius 2 is 2.50 bits per heavy atom. The minimum absolute atomic E-state index is 0.377. The first-order valence-electron chi connectivity index (χ1n) is 3.30. The smallest absolute Gasteiger partial charge is 0.324 e. The average molecular weight is 161 g/mol. The van der Waals surface area contributed by atoms with Crippen molar-refractivity contribution in [2.75, 3.05) is 12.3 Å². The van der Waals surface area contributed by atoms with Crippen LogP contribution in [0.1, 0.15) is 12.8 Å². The average Bonchev–Trinajstić information content (AvgIpc) is 2.35. The third kappa shape index (κ3) is 1.13. The molecule has 0 aromatic heterocycles. The molecule has 1 fully saturated rings. The van der Waals surface area contributed by atoms with Gasteiger partial charge in [-0.25, -0.2) is 0 Å². The van der Waals surface area contributed by atoms with E-state index in [-0.39, 0.29) is 0 Å². The van der Waals surface area contributed by atoms with Gasteiger partial charge in [0, 0.05) is 5.75 Å². The number of nitrogens with one attached hydrogen (secondary N) is 1. The maximum absolute atomic E-state index is 10.6. The molecule has 0 amide bonds. The number of carboxylic acid groups (broad SMARTS) is 1. The fourth-order valence-electron chi connectivity index (χ4n) is 1.19. The van der Waals surface area contributed by atoms with Crippen molar-refractivity contribution in [3.63, 3.8) is 0 Å². The molecule has 1 heterocycles. The van der Waals surface area contributed by atoms with E-state index in [0.29, 0.717) is 12.2 Å². The molecule has 3 nitrogen and oxygen atoms in total. The monoisotopic (exact) mass is 161 g/mol. The molecule has 0 aromatic rings. The van der Waals surface area contributed by atoms with E-state index in [1.54, 1.807) is 0 Å². The first kappa shape index (κ1) is 7.88. The topological polar surface area (TPSA) is 49.3 Å². The molecule has 1 aliphatic rings. The summed E-state index contributed by atoms with van der Waals surface area (Å²) in [5.74, 6) is -0.400. The predicted octanol–water partition coefficient (Wildman–Crippen LogP) is 0.123. The summed E-state index contributed by atoms with van der Waals surface area (Å²) in [5, 5.41) is 11.7. The SMILES string of the molecule is O=C(O)[C@@]1(CS)CCCN1. The van der Waals surface area contributed by atoms with Crippen LogP contribution in [0.15, 0.2) is 0 Å². The third-order valence-corrected chi connectivity index (χ3v) is 2.46. The van der Waals surface area contributed by atoms with Crippen LogP contribution in [0.4, 0.5) is 0 Å². The molecule has 2 N–H and O–H groups in total. The fourth-order valence-corrected chi connectivity index (χ4v) is 1.60. The second-order valence-electron chi connectivity index (χ2n) is 2.58. The highest BCUT2D eigenvalue weighted by Gasteiger charge is 2.39. The molecule has 0 unspecified atom stereocenters. The van der Waals surface area contributed by atoms with E-state index >= 15 is 0 Å². The van der Waals surface area contributed by atoms with Gasteiger partial charge in [-0.1, -0.05) is 0 Å². The summed E-state index contributed by atoms with van der Waals surface area (Å²) >= 11 is 4.00. The largest absolute Gasteiger partial charge is 0.480 e. The van der Waals surface area contributed by atoms with Gasteiger partial charge in [0.2, 0.25) is 0 Å². The normalized spacial score (nSPS) is 32.5. The van der Waals surface area contributed by atoms with E-state index in [2.05, 4.69) is 17.9 Å². The van der Waals surface area contributed by atoms with Crippen LogP contribution in [0, 0.1) is 0 Å². The Bertz CT molecular complexity index is 143. The van der Waals surface area contributed by atoms with Crippen molar-refractivity contribution < 1.29 is 9.90 Å². The Morgan fingerprint density at radius 3 is 2.70 bits per heavy atom. The standard InChI is InChI=1S/C6H11NO2S/c8-5(9)6(4-10)2-1-3-7-6/h7,10H,1-4H2,(H,8,9)/t6-/m0/s1. The maximum Gasteiger partial charge on any atom is 0.324 e. The summed E-state index contributed by atoms with van der Waals surface area (Å²) in [6, 6.07) is 0. The minimum atomic E-state index is -0.778. The number of aliphatic carboxylic acids is 1. The Balaban J connectivity index is 2.67. The van der Waals surface area contributed by atoms with Crippen molar-refractivity contribution in [3.05, 3.63) is 0 Å². The zero-order chi connectivity index (χ0) is 7.61. The van der Waals surface area contributed by atoms with Crippen LogP contribution < -0.4 is 5.32 Å². The number of rotatable bonds is 2. The van der Waals surface area contributed by atoms with Crippen LogP contribution in [-0.4, -0.2) is 28.9 Å². The molecule has 0 aliphatic carbocycles. The Labute approximate surface area is 65.2 Å². The van der Waals surface area contributed by atoms with Crippen molar-refractivity contribution in [1.82, 2.24) is 5.32 Å². The highest BCUT2D eigenvalue weighted by atomic mass is 32.1. The summed E-state index contributed by atoms with van der Waals surface area (Å²) in [6.45, 7) is 0.798. The Morgan fingerprint density at radius 1 is 1.80 bits per heavy atom. The Kier molecular flexibility index (Phi) is 2.21. The van der Waals surface area contributed by atoms with Crippen molar-refractivity contribution in [2.24, 2.45) is 0 Å². The predicted molar refractivity (Wildman–Crippen MR) is 41.5 cm³/mol. The first-order valence-corrected chi connectivity index (χ1v) is 3.94. The van der Waals surface area contributed by atoms with Crippen molar-refractivity contribution in [1.29, 1.82) is 0 Å². The fraction of sp³-hybridized carbons (Fsp3) is 0.833. The van der Waals surface area contributed by atoms with E-state index in [1.165, 1.54) is 0 Å². The molecule has 58 valence electrons. The molecule has 1 aliphatic heterocycles. The number of hydrogen-bond donors (Lipinski definition) is 3. The van der Waals surface area contributed by atoms with Crippen molar-refractivity contribution in [2.45, 2.75) is 18.4 Å². The van der Waals surface area contributed by atoms with E-state index < -0.39 is 11.5 Å². The molecule has 10 heavy (non-hydrogen) atoms. The quantitative estimate of drug-likeness (QED) is 0.504. The zero-order valence-electron chi connectivity index (χ0n) is 5.63. The summed E-state index contributed by atoms with van der Waals surface area (Å²) < 4.78 is 0. The van der Waals surface area contributed by atoms with Gasteiger partial charge in [-0.15, -0.1) is 0 Å².